The third kappa shape index (κ3) is 3.30. The number of para-hydroxylation sites is 2. The van der Waals surface area contributed by atoms with E-state index in [2.05, 4.69) is 25.9 Å². The molecule has 1 aromatic heterocycles. The van der Waals surface area contributed by atoms with Gasteiger partial charge in [0.1, 0.15) is 24.0 Å². The minimum absolute atomic E-state index is 0.0729. The highest BCUT2D eigenvalue weighted by molar-refractivity contribution is 5.74. The summed E-state index contributed by atoms with van der Waals surface area (Å²) in [6.45, 7) is 0.120. The average molecular weight is 272 g/mol. The van der Waals surface area contributed by atoms with E-state index in [0.717, 1.165) is 0 Å². The molecule has 0 saturated heterocycles. The molecule has 8 nitrogen and oxygen atoms in total. The average Bonchev–Trinajstić information content (AvgIpc) is 3.01. The van der Waals surface area contributed by atoms with E-state index in [1.165, 1.54) is 6.20 Å². The lowest BCUT2D eigenvalue weighted by Crippen LogP contribution is -2.03. The Morgan fingerprint density at radius 1 is 1.50 bits per heavy atom. The van der Waals surface area contributed by atoms with Crippen LogP contribution in [0.15, 0.2) is 30.5 Å². The third-order valence-electron chi connectivity index (χ3n) is 2.31. The number of nitriles is 1. The Bertz CT molecular complexity index is 617. The van der Waals surface area contributed by atoms with E-state index in [-0.39, 0.29) is 24.6 Å². The van der Waals surface area contributed by atoms with E-state index in [0.29, 0.717) is 11.4 Å². The summed E-state index contributed by atoms with van der Waals surface area (Å²) >= 11 is 0. The van der Waals surface area contributed by atoms with Crippen molar-refractivity contribution in [1.82, 2.24) is 20.6 Å². The predicted molar refractivity (Wildman–Crippen MR) is 70.4 cm³/mol. The van der Waals surface area contributed by atoms with E-state index in [1.807, 2.05) is 18.2 Å². The minimum Gasteiger partial charge on any atom is -0.489 e. The summed E-state index contributed by atoms with van der Waals surface area (Å²) in [7, 11) is 0. The first-order valence-electron chi connectivity index (χ1n) is 5.78. The summed E-state index contributed by atoms with van der Waals surface area (Å²) in [4.78, 5) is 0. The van der Waals surface area contributed by atoms with Crippen molar-refractivity contribution in [2.75, 3.05) is 18.5 Å². The van der Waals surface area contributed by atoms with Crippen LogP contribution in [-0.2, 0) is 0 Å². The van der Waals surface area contributed by atoms with Gasteiger partial charge in [0.25, 0.3) is 0 Å². The highest BCUT2D eigenvalue weighted by atomic mass is 16.5. The molecule has 0 spiro atoms. The fraction of sp³-hybridized carbons (Fsp3) is 0.167. The lowest BCUT2D eigenvalue weighted by Gasteiger charge is -2.10. The van der Waals surface area contributed by atoms with Crippen LogP contribution in [0.4, 0.5) is 5.69 Å². The second-order valence-corrected chi connectivity index (χ2v) is 3.62. The van der Waals surface area contributed by atoms with Gasteiger partial charge in [-0.15, -0.1) is 10.2 Å². The largest absolute Gasteiger partial charge is 0.489 e. The van der Waals surface area contributed by atoms with Gasteiger partial charge < -0.3 is 15.2 Å². The first-order valence-corrected chi connectivity index (χ1v) is 5.78. The quantitative estimate of drug-likeness (QED) is 0.656. The maximum Gasteiger partial charge on any atom is 0.216 e. The molecule has 0 bridgehead atoms. The predicted octanol–water partition coefficient (Wildman–Crippen LogP) is 0.547. The van der Waals surface area contributed by atoms with Gasteiger partial charge in [-0.05, 0) is 17.3 Å². The van der Waals surface area contributed by atoms with Crippen molar-refractivity contribution in [3.63, 3.8) is 0 Å². The smallest absolute Gasteiger partial charge is 0.216 e. The molecule has 0 atom stereocenters. The number of allylic oxidation sites excluding steroid dienone is 1. The van der Waals surface area contributed by atoms with Gasteiger partial charge in [-0.25, -0.2) is 0 Å². The third-order valence-corrected chi connectivity index (χ3v) is 2.31. The standard InChI is InChI=1S/C12H12N6O2/c13-7-9(12-15-17-18-16-12)8-14-10-3-1-2-4-11(10)20-6-5-19/h1-4,8,14,19H,5-6H2,(H,15,16,17,18). The molecule has 2 rings (SSSR count). The Morgan fingerprint density at radius 2 is 2.35 bits per heavy atom. The Balaban J connectivity index is 2.16. The van der Waals surface area contributed by atoms with Crippen molar-refractivity contribution in [1.29, 1.82) is 5.26 Å². The van der Waals surface area contributed by atoms with Crippen LogP contribution in [0.25, 0.3) is 5.57 Å². The molecule has 1 heterocycles. The molecular weight excluding hydrogens is 260 g/mol. The molecule has 8 heteroatoms. The van der Waals surface area contributed by atoms with E-state index < -0.39 is 0 Å². The summed E-state index contributed by atoms with van der Waals surface area (Å²) in [6.07, 6.45) is 1.46. The number of aliphatic hydroxyl groups excluding tert-OH is 1. The molecular formula is C12H12N6O2. The number of benzene rings is 1. The summed E-state index contributed by atoms with van der Waals surface area (Å²) in [5.74, 6) is 0.775. The number of rotatable bonds is 6. The second-order valence-electron chi connectivity index (χ2n) is 3.62. The Hall–Kier alpha value is -2.92. The molecule has 0 saturated carbocycles. The van der Waals surface area contributed by atoms with Crippen LogP contribution >= 0.6 is 0 Å². The number of hydrogen-bond acceptors (Lipinski definition) is 7. The second kappa shape index (κ2) is 6.86. The normalized spacial score (nSPS) is 10.9. The van der Waals surface area contributed by atoms with Gasteiger partial charge in [-0.1, -0.05) is 12.1 Å². The fourth-order valence-corrected chi connectivity index (χ4v) is 1.44. The van der Waals surface area contributed by atoms with Gasteiger partial charge in [-0.3, -0.25) is 0 Å². The van der Waals surface area contributed by atoms with Gasteiger partial charge in [0, 0.05) is 6.20 Å². The molecule has 0 aliphatic rings. The van der Waals surface area contributed by atoms with Crippen LogP contribution in [0, 0.1) is 11.3 Å². The lowest BCUT2D eigenvalue weighted by molar-refractivity contribution is 0.202. The zero-order chi connectivity index (χ0) is 14.2. The molecule has 0 unspecified atom stereocenters. The molecule has 102 valence electrons. The van der Waals surface area contributed by atoms with E-state index in [4.69, 9.17) is 15.1 Å². The first-order chi connectivity index (χ1) is 9.85. The van der Waals surface area contributed by atoms with Gasteiger partial charge in [0.05, 0.1) is 12.3 Å². The Morgan fingerprint density at radius 3 is 3.05 bits per heavy atom. The number of tetrazole rings is 1. The monoisotopic (exact) mass is 272 g/mol. The molecule has 20 heavy (non-hydrogen) atoms. The van der Waals surface area contributed by atoms with Crippen LogP contribution in [0.3, 0.4) is 0 Å². The number of anilines is 1. The number of H-pyrrole nitrogens is 1. The van der Waals surface area contributed by atoms with Crippen LogP contribution in [0.2, 0.25) is 0 Å². The van der Waals surface area contributed by atoms with Crippen LogP contribution in [-0.4, -0.2) is 38.9 Å². The van der Waals surface area contributed by atoms with Crippen molar-refractivity contribution in [2.45, 2.75) is 0 Å². The van der Waals surface area contributed by atoms with Crippen LogP contribution < -0.4 is 10.1 Å². The van der Waals surface area contributed by atoms with Gasteiger partial charge in [0.2, 0.25) is 5.82 Å². The van der Waals surface area contributed by atoms with Gasteiger partial charge in [0.15, 0.2) is 0 Å². The number of aliphatic hydroxyl groups is 1. The zero-order valence-electron chi connectivity index (χ0n) is 10.4. The van der Waals surface area contributed by atoms with E-state index in [9.17, 15) is 0 Å². The fourth-order valence-electron chi connectivity index (χ4n) is 1.44. The number of nitrogens with zero attached hydrogens (tertiary/aromatic N) is 4. The van der Waals surface area contributed by atoms with Crippen molar-refractivity contribution >= 4 is 11.3 Å². The molecule has 1 aromatic carbocycles. The summed E-state index contributed by atoms with van der Waals surface area (Å²) in [5.41, 5.74) is 0.896. The van der Waals surface area contributed by atoms with Crippen molar-refractivity contribution in [2.24, 2.45) is 0 Å². The molecule has 0 radical (unpaired) electrons. The van der Waals surface area contributed by atoms with Crippen molar-refractivity contribution < 1.29 is 9.84 Å². The number of aromatic amines is 1. The summed E-state index contributed by atoms with van der Waals surface area (Å²) in [5, 5.41) is 33.9. The molecule has 0 fully saturated rings. The van der Waals surface area contributed by atoms with Gasteiger partial charge in [-0.2, -0.15) is 10.5 Å². The molecule has 0 amide bonds. The van der Waals surface area contributed by atoms with E-state index in [1.54, 1.807) is 12.1 Å². The maximum absolute atomic E-state index is 9.04. The van der Waals surface area contributed by atoms with Crippen LogP contribution in [0.1, 0.15) is 5.82 Å². The van der Waals surface area contributed by atoms with Crippen molar-refractivity contribution in [3.8, 4) is 11.8 Å². The minimum atomic E-state index is -0.0729. The Kier molecular flexibility index (Phi) is 4.64. The molecule has 0 aliphatic carbocycles. The Labute approximate surface area is 114 Å². The van der Waals surface area contributed by atoms with Crippen LogP contribution in [0.5, 0.6) is 5.75 Å². The zero-order valence-corrected chi connectivity index (χ0v) is 10.4. The van der Waals surface area contributed by atoms with Gasteiger partial charge >= 0.3 is 0 Å². The topological polar surface area (TPSA) is 120 Å². The lowest BCUT2D eigenvalue weighted by atomic mass is 10.2. The number of nitrogens with one attached hydrogen (secondary N) is 2. The number of aromatic nitrogens is 4. The summed E-state index contributed by atoms with van der Waals surface area (Å²) in [6, 6.07) is 9.15. The van der Waals surface area contributed by atoms with Crippen molar-refractivity contribution in [3.05, 3.63) is 36.3 Å². The molecule has 3 N–H and O–H groups in total. The SMILES string of the molecule is N#CC(=CNc1ccccc1OCCO)c1nn[nH]n1. The number of ether oxygens (including phenoxy) is 1. The first kappa shape index (κ1) is 13.5. The van der Waals surface area contributed by atoms with E-state index >= 15 is 0 Å². The number of hydrogen-bond donors (Lipinski definition) is 3. The molecule has 2 aromatic rings. The highest BCUT2D eigenvalue weighted by Crippen LogP contribution is 2.24. The highest BCUT2D eigenvalue weighted by Gasteiger charge is 2.06. The maximum atomic E-state index is 9.04. The summed E-state index contributed by atoms with van der Waals surface area (Å²) < 4.78 is 5.37. The molecule has 0 aliphatic heterocycles.